The highest BCUT2D eigenvalue weighted by Crippen LogP contribution is 2.17. The van der Waals surface area contributed by atoms with Crippen molar-refractivity contribution in [2.75, 3.05) is 46.4 Å². The normalized spacial score (nSPS) is 25.3. The Morgan fingerprint density at radius 1 is 1.33 bits per heavy atom. The fraction of sp³-hybridized carbons (Fsp3) is 0.647. The van der Waals surface area contributed by atoms with Gasteiger partial charge in [-0.1, -0.05) is 0 Å². The third kappa shape index (κ3) is 4.36. The lowest BCUT2D eigenvalue weighted by Gasteiger charge is -2.36. The van der Waals surface area contributed by atoms with Gasteiger partial charge in [0.25, 0.3) is 0 Å². The van der Waals surface area contributed by atoms with E-state index in [2.05, 4.69) is 22.2 Å². The third-order valence-electron chi connectivity index (χ3n) is 4.58. The molecule has 0 radical (unpaired) electrons. The van der Waals surface area contributed by atoms with E-state index >= 15 is 0 Å². The number of hydrogen-bond donors (Lipinski definition) is 1. The molecule has 1 aromatic rings. The van der Waals surface area contributed by atoms with Gasteiger partial charge in [-0.15, -0.1) is 0 Å². The Morgan fingerprint density at radius 2 is 2.12 bits per heavy atom. The van der Waals surface area contributed by atoms with Crippen LogP contribution in [0.4, 0.5) is 4.79 Å². The largest absolute Gasteiger partial charge is 0.484 e. The van der Waals surface area contributed by atoms with Gasteiger partial charge in [-0.3, -0.25) is 4.98 Å². The van der Waals surface area contributed by atoms with Gasteiger partial charge in [0, 0.05) is 38.5 Å². The predicted octanol–water partition coefficient (Wildman–Crippen LogP) is 0.883. The maximum Gasteiger partial charge on any atom is 0.317 e. The molecule has 3 heterocycles. The number of hydrogen-bond acceptors (Lipinski definition) is 5. The summed E-state index contributed by atoms with van der Waals surface area (Å²) in [5.74, 6) is 0.704. The molecule has 7 heteroatoms. The van der Waals surface area contributed by atoms with E-state index < -0.39 is 0 Å². The second-order valence-corrected chi connectivity index (χ2v) is 6.50. The molecule has 2 fully saturated rings. The zero-order valence-corrected chi connectivity index (χ0v) is 14.4. The molecule has 0 aliphatic carbocycles. The molecule has 2 aliphatic heterocycles. The van der Waals surface area contributed by atoms with Crippen LogP contribution in [-0.4, -0.2) is 79.4 Å². The fourth-order valence-electron chi connectivity index (χ4n) is 2.95. The van der Waals surface area contributed by atoms with E-state index in [0.717, 1.165) is 38.3 Å². The van der Waals surface area contributed by atoms with Gasteiger partial charge in [0.05, 0.1) is 18.8 Å². The van der Waals surface area contributed by atoms with Crippen LogP contribution >= 0.6 is 0 Å². The SMILES string of the molecule is Cc1ccc(O[C@H]2COCC[C@H]2NC(=O)N2CCN(C)CC2)cn1. The Labute approximate surface area is 142 Å². The van der Waals surface area contributed by atoms with Crippen molar-refractivity contribution in [1.82, 2.24) is 20.1 Å². The average molecular weight is 334 g/mol. The van der Waals surface area contributed by atoms with Crippen LogP contribution in [0.5, 0.6) is 5.75 Å². The summed E-state index contributed by atoms with van der Waals surface area (Å²) < 4.78 is 11.5. The predicted molar refractivity (Wildman–Crippen MR) is 90.2 cm³/mol. The highest BCUT2D eigenvalue weighted by molar-refractivity contribution is 5.74. The second-order valence-electron chi connectivity index (χ2n) is 6.50. The first-order chi connectivity index (χ1) is 11.6. The van der Waals surface area contributed by atoms with E-state index in [1.54, 1.807) is 6.20 Å². The van der Waals surface area contributed by atoms with Gasteiger partial charge in [0.2, 0.25) is 0 Å². The van der Waals surface area contributed by atoms with Crippen molar-refractivity contribution in [2.24, 2.45) is 0 Å². The topological polar surface area (TPSA) is 66.9 Å². The molecule has 3 rings (SSSR count). The fourth-order valence-corrected chi connectivity index (χ4v) is 2.95. The molecule has 0 aromatic carbocycles. The minimum absolute atomic E-state index is 0.00867. The first-order valence-corrected chi connectivity index (χ1v) is 8.53. The Balaban J connectivity index is 1.57. The monoisotopic (exact) mass is 334 g/mol. The highest BCUT2D eigenvalue weighted by atomic mass is 16.5. The zero-order chi connectivity index (χ0) is 16.9. The highest BCUT2D eigenvalue weighted by Gasteiger charge is 2.31. The smallest absolute Gasteiger partial charge is 0.317 e. The Morgan fingerprint density at radius 3 is 2.83 bits per heavy atom. The van der Waals surface area contributed by atoms with Gasteiger partial charge in [0.1, 0.15) is 11.9 Å². The maximum atomic E-state index is 12.5. The standard InChI is InChI=1S/C17H26N4O3/c1-13-3-4-14(11-18-13)24-16-12-23-10-5-15(16)19-17(22)21-8-6-20(2)7-9-21/h3-4,11,15-16H,5-10,12H2,1-2H3,(H,19,22)/t15-,16+/m1/s1. The van der Waals surface area contributed by atoms with Gasteiger partial charge in [-0.25, -0.2) is 4.79 Å². The number of urea groups is 1. The third-order valence-corrected chi connectivity index (χ3v) is 4.58. The molecular weight excluding hydrogens is 308 g/mol. The number of likely N-dealkylation sites (N-methyl/N-ethyl adjacent to an activating group) is 1. The van der Waals surface area contributed by atoms with Crippen LogP contribution in [0.1, 0.15) is 12.1 Å². The summed E-state index contributed by atoms with van der Waals surface area (Å²) in [6, 6.07) is 3.76. The molecule has 0 unspecified atom stereocenters. The number of ether oxygens (including phenoxy) is 2. The summed E-state index contributed by atoms with van der Waals surface area (Å²) in [5.41, 5.74) is 0.946. The van der Waals surface area contributed by atoms with Crippen molar-refractivity contribution in [3.63, 3.8) is 0 Å². The molecule has 2 atom stereocenters. The summed E-state index contributed by atoms with van der Waals surface area (Å²) in [5, 5.41) is 3.13. The average Bonchev–Trinajstić information content (AvgIpc) is 2.59. The first-order valence-electron chi connectivity index (χ1n) is 8.53. The van der Waals surface area contributed by atoms with Crippen molar-refractivity contribution < 1.29 is 14.3 Å². The molecule has 132 valence electrons. The summed E-state index contributed by atoms with van der Waals surface area (Å²) in [6.45, 7) is 6.40. The summed E-state index contributed by atoms with van der Waals surface area (Å²) in [6.07, 6.45) is 2.27. The van der Waals surface area contributed by atoms with E-state index in [1.165, 1.54) is 0 Å². The number of piperazine rings is 1. The quantitative estimate of drug-likeness (QED) is 0.889. The lowest BCUT2D eigenvalue weighted by Crippen LogP contribution is -2.57. The van der Waals surface area contributed by atoms with Gasteiger partial charge in [-0.05, 0) is 32.5 Å². The molecule has 1 N–H and O–H groups in total. The number of aryl methyl sites for hydroxylation is 1. The minimum Gasteiger partial charge on any atom is -0.484 e. The van der Waals surface area contributed by atoms with Crippen LogP contribution in [0.15, 0.2) is 18.3 Å². The van der Waals surface area contributed by atoms with Gasteiger partial charge >= 0.3 is 6.03 Å². The number of nitrogens with one attached hydrogen (secondary N) is 1. The number of pyridine rings is 1. The summed E-state index contributed by atoms with van der Waals surface area (Å²) >= 11 is 0. The molecular formula is C17H26N4O3. The van der Waals surface area contributed by atoms with E-state index in [1.807, 2.05) is 24.0 Å². The number of carbonyl (C=O) groups excluding carboxylic acids is 1. The molecule has 24 heavy (non-hydrogen) atoms. The van der Waals surface area contributed by atoms with Crippen LogP contribution in [0.25, 0.3) is 0 Å². The number of carbonyl (C=O) groups is 1. The van der Waals surface area contributed by atoms with Gasteiger partial charge < -0.3 is 24.6 Å². The molecule has 0 spiro atoms. The molecule has 7 nitrogen and oxygen atoms in total. The lowest BCUT2D eigenvalue weighted by molar-refractivity contribution is -0.0134. The molecule has 1 aromatic heterocycles. The van der Waals surface area contributed by atoms with Crippen molar-refractivity contribution in [1.29, 1.82) is 0 Å². The lowest BCUT2D eigenvalue weighted by atomic mass is 10.1. The van der Waals surface area contributed by atoms with Crippen LogP contribution in [-0.2, 0) is 4.74 Å². The summed E-state index contributed by atoms with van der Waals surface area (Å²) in [7, 11) is 2.08. The maximum absolute atomic E-state index is 12.5. The van der Waals surface area contributed by atoms with Crippen LogP contribution in [0.3, 0.4) is 0 Å². The molecule has 0 bridgehead atoms. The van der Waals surface area contributed by atoms with Crippen molar-refractivity contribution in [3.05, 3.63) is 24.0 Å². The van der Waals surface area contributed by atoms with E-state index in [4.69, 9.17) is 9.47 Å². The van der Waals surface area contributed by atoms with Crippen molar-refractivity contribution >= 4 is 6.03 Å². The van der Waals surface area contributed by atoms with E-state index in [9.17, 15) is 4.79 Å². The Hall–Kier alpha value is -1.86. The van der Waals surface area contributed by atoms with Crippen molar-refractivity contribution in [3.8, 4) is 5.75 Å². The van der Waals surface area contributed by atoms with Gasteiger partial charge in [-0.2, -0.15) is 0 Å². The van der Waals surface area contributed by atoms with E-state index in [-0.39, 0.29) is 18.2 Å². The molecule has 0 saturated carbocycles. The van der Waals surface area contributed by atoms with E-state index in [0.29, 0.717) is 19.0 Å². The Kier molecular flexibility index (Phi) is 5.52. The van der Waals surface area contributed by atoms with Crippen LogP contribution < -0.4 is 10.1 Å². The van der Waals surface area contributed by atoms with Crippen LogP contribution in [0, 0.1) is 6.92 Å². The zero-order valence-electron chi connectivity index (χ0n) is 14.4. The van der Waals surface area contributed by atoms with Crippen LogP contribution in [0.2, 0.25) is 0 Å². The first kappa shape index (κ1) is 17.0. The second kappa shape index (κ2) is 7.81. The summed E-state index contributed by atoms with van der Waals surface area (Å²) in [4.78, 5) is 20.9. The Bertz CT molecular complexity index is 543. The number of aromatic nitrogens is 1. The van der Waals surface area contributed by atoms with Crippen molar-refractivity contribution in [2.45, 2.75) is 25.5 Å². The molecule has 2 saturated heterocycles. The van der Waals surface area contributed by atoms with Gasteiger partial charge in [0.15, 0.2) is 0 Å². The number of amides is 2. The molecule has 2 amide bonds. The number of nitrogens with zero attached hydrogens (tertiary/aromatic N) is 3. The minimum atomic E-state index is -0.195. The molecule has 2 aliphatic rings. The number of rotatable bonds is 3.